The van der Waals surface area contributed by atoms with Gasteiger partial charge in [0.1, 0.15) is 5.82 Å². The fourth-order valence-corrected chi connectivity index (χ4v) is 5.68. The van der Waals surface area contributed by atoms with E-state index >= 15 is 0 Å². The Bertz CT molecular complexity index is 1270. The molecule has 1 aromatic carbocycles. The lowest BCUT2D eigenvalue weighted by Crippen LogP contribution is -2.59. The predicted molar refractivity (Wildman–Crippen MR) is 156 cm³/mol. The van der Waals surface area contributed by atoms with Gasteiger partial charge in [0.2, 0.25) is 5.91 Å². The quantitative estimate of drug-likeness (QED) is 0.553. The number of nitrogens with two attached hydrogens (primary N) is 1. The van der Waals surface area contributed by atoms with Gasteiger partial charge in [-0.1, -0.05) is 26.0 Å². The summed E-state index contributed by atoms with van der Waals surface area (Å²) >= 11 is 0. The number of anilines is 3. The van der Waals surface area contributed by atoms with Gasteiger partial charge in [-0.3, -0.25) is 14.4 Å². The van der Waals surface area contributed by atoms with E-state index in [0.29, 0.717) is 24.5 Å². The van der Waals surface area contributed by atoms with Crippen LogP contribution in [0.5, 0.6) is 0 Å². The molecule has 0 radical (unpaired) electrons. The van der Waals surface area contributed by atoms with Gasteiger partial charge in [-0.05, 0) is 62.6 Å². The number of hydrogen-bond donors (Lipinski definition) is 2. The van der Waals surface area contributed by atoms with Crippen LogP contribution in [0, 0.1) is 5.41 Å². The minimum Gasteiger partial charge on any atom is -0.383 e. The average molecular weight is 548 g/mol. The molecule has 10 nitrogen and oxygen atoms in total. The molecule has 1 saturated carbocycles. The molecule has 3 fully saturated rings. The summed E-state index contributed by atoms with van der Waals surface area (Å²) in [4.78, 5) is 52.6. The number of nitrogens with one attached hydrogen (secondary N) is 1. The smallest absolute Gasteiger partial charge is 0.313 e. The molecule has 3 amide bonds. The predicted octanol–water partition coefficient (Wildman–Crippen LogP) is 2.52. The Labute approximate surface area is 236 Å². The molecule has 1 aliphatic carbocycles. The van der Waals surface area contributed by atoms with E-state index in [2.05, 4.69) is 39.3 Å². The molecule has 214 valence electrons. The SMILES string of the molecule is CCc1cc(NC(=O)C(=O)N2C[C@@H](C)N(C(=O)C3(C)CC3)C[C@@H]2c2ccc(N3CCN(C)CC3)cc2)cnc1N. The van der Waals surface area contributed by atoms with E-state index in [4.69, 9.17) is 5.73 Å². The lowest BCUT2D eigenvalue weighted by molar-refractivity contribution is -0.153. The van der Waals surface area contributed by atoms with E-state index in [1.165, 1.54) is 6.20 Å². The Morgan fingerprint density at radius 3 is 2.35 bits per heavy atom. The molecule has 40 heavy (non-hydrogen) atoms. The molecule has 3 aliphatic rings. The van der Waals surface area contributed by atoms with Crippen LogP contribution in [0.15, 0.2) is 36.5 Å². The van der Waals surface area contributed by atoms with Gasteiger partial charge in [-0.25, -0.2) is 4.98 Å². The summed E-state index contributed by atoms with van der Waals surface area (Å²) in [5, 5.41) is 2.71. The van der Waals surface area contributed by atoms with Gasteiger partial charge >= 0.3 is 11.8 Å². The van der Waals surface area contributed by atoms with Gasteiger partial charge in [0.25, 0.3) is 0 Å². The van der Waals surface area contributed by atoms with Crippen LogP contribution in [-0.4, -0.2) is 89.8 Å². The highest BCUT2D eigenvalue weighted by molar-refractivity contribution is 6.39. The standard InChI is InChI=1S/C30H41N7O3/c1-5-21-16-23(17-32-26(21)31)33-27(38)28(39)37-18-20(2)36(29(40)30(3)10-11-30)19-25(37)22-6-8-24(9-7-22)35-14-12-34(4)13-15-35/h6-9,16-17,20,25H,5,10-15,18-19H2,1-4H3,(H2,31,32)(H,33,38)/t20-,25-/m1/s1. The third kappa shape index (κ3) is 5.63. The van der Waals surface area contributed by atoms with Crippen molar-refractivity contribution in [2.45, 2.75) is 52.1 Å². The number of hydrogen-bond acceptors (Lipinski definition) is 7. The van der Waals surface area contributed by atoms with Crippen LogP contribution in [0.25, 0.3) is 0 Å². The van der Waals surface area contributed by atoms with E-state index in [-0.39, 0.29) is 23.9 Å². The summed E-state index contributed by atoms with van der Waals surface area (Å²) in [6.07, 6.45) is 3.90. The molecule has 5 rings (SSSR count). The van der Waals surface area contributed by atoms with Gasteiger partial charge in [-0.2, -0.15) is 0 Å². The lowest BCUT2D eigenvalue weighted by atomic mass is 9.96. The summed E-state index contributed by atoms with van der Waals surface area (Å²) in [6, 6.07) is 9.35. The zero-order valence-corrected chi connectivity index (χ0v) is 24.0. The zero-order chi connectivity index (χ0) is 28.6. The van der Waals surface area contributed by atoms with E-state index in [9.17, 15) is 14.4 Å². The normalized spacial score (nSPS) is 22.6. The second-order valence-corrected chi connectivity index (χ2v) is 11.8. The maximum absolute atomic E-state index is 13.6. The first-order valence-corrected chi connectivity index (χ1v) is 14.3. The first-order valence-electron chi connectivity index (χ1n) is 14.3. The first kappa shape index (κ1) is 27.9. The highest BCUT2D eigenvalue weighted by Gasteiger charge is 2.50. The van der Waals surface area contributed by atoms with Crippen molar-refractivity contribution in [3.63, 3.8) is 0 Å². The maximum Gasteiger partial charge on any atom is 0.313 e. The summed E-state index contributed by atoms with van der Waals surface area (Å²) in [6.45, 7) is 10.5. The number of rotatable bonds is 5. The molecule has 3 heterocycles. The van der Waals surface area contributed by atoms with E-state index in [0.717, 1.165) is 55.8 Å². The number of aryl methyl sites for hydroxylation is 1. The minimum absolute atomic E-state index is 0.135. The Morgan fingerprint density at radius 1 is 1.05 bits per heavy atom. The molecular formula is C30H41N7O3. The van der Waals surface area contributed by atoms with Crippen LogP contribution in [0.3, 0.4) is 0 Å². The summed E-state index contributed by atoms with van der Waals surface area (Å²) < 4.78 is 0. The highest BCUT2D eigenvalue weighted by atomic mass is 16.2. The zero-order valence-electron chi connectivity index (χ0n) is 24.0. The van der Waals surface area contributed by atoms with Crippen molar-refractivity contribution in [3.05, 3.63) is 47.7 Å². The molecular weight excluding hydrogens is 506 g/mol. The van der Waals surface area contributed by atoms with Gasteiger partial charge < -0.3 is 30.7 Å². The Morgan fingerprint density at radius 2 is 1.73 bits per heavy atom. The van der Waals surface area contributed by atoms with Crippen molar-refractivity contribution < 1.29 is 14.4 Å². The van der Waals surface area contributed by atoms with Crippen molar-refractivity contribution in [2.75, 3.05) is 62.3 Å². The number of carbonyl (C=O) groups is 3. The number of carbonyl (C=O) groups excluding carboxylic acids is 3. The first-order chi connectivity index (χ1) is 19.1. The molecule has 10 heteroatoms. The molecule has 3 N–H and O–H groups in total. The summed E-state index contributed by atoms with van der Waals surface area (Å²) in [7, 11) is 2.13. The van der Waals surface area contributed by atoms with E-state index in [1.807, 2.05) is 37.8 Å². The molecule has 0 spiro atoms. The maximum atomic E-state index is 13.6. The molecule has 2 aromatic rings. The number of likely N-dealkylation sites (N-methyl/N-ethyl adjacent to an activating group) is 1. The van der Waals surface area contributed by atoms with Gasteiger partial charge in [-0.15, -0.1) is 0 Å². The van der Waals surface area contributed by atoms with Crippen molar-refractivity contribution in [1.82, 2.24) is 19.7 Å². The fraction of sp³-hybridized carbons (Fsp3) is 0.533. The second kappa shape index (κ2) is 11.1. The summed E-state index contributed by atoms with van der Waals surface area (Å²) in [5.74, 6) is -0.810. The molecule has 1 aromatic heterocycles. The van der Waals surface area contributed by atoms with Crippen LogP contribution in [0.2, 0.25) is 0 Å². The molecule has 0 bridgehead atoms. The molecule has 2 atom stereocenters. The van der Waals surface area contributed by atoms with E-state index in [1.54, 1.807) is 11.0 Å². The van der Waals surface area contributed by atoms with Gasteiger partial charge in [0.15, 0.2) is 0 Å². The lowest BCUT2D eigenvalue weighted by Gasteiger charge is -2.46. The Hall–Kier alpha value is -3.66. The number of nitrogen functional groups attached to an aromatic ring is 1. The largest absolute Gasteiger partial charge is 0.383 e. The van der Waals surface area contributed by atoms with Crippen LogP contribution >= 0.6 is 0 Å². The van der Waals surface area contributed by atoms with Crippen molar-refractivity contribution >= 4 is 34.9 Å². The highest BCUT2D eigenvalue weighted by Crippen LogP contribution is 2.47. The van der Waals surface area contributed by atoms with Gasteiger partial charge in [0, 0.05) is 56.4 Å². The third-order valence-electron chi connectivity index (χ3n) is 8.76. The number of nitrogens with zero attached hydrogens (tertiary/aromatic N) is 5. The number of pyridine rings is 1. The Balaban J connectivity index is 1.38. The monoisotopic (exact) mass is 547 g/mol. The number of amides is 3. The summed E-state index contributed by atoms with van der Waals surface area (Å²) in [5.41, 5.74) is 8.87. The van der Waals surface area contributed by atoms with Crippen LogP contribution in [0.1, 0.15) is 50.8 Å². The molecule has 0 unspecified atom stereocenters. The topological polar surface area (TPSA) is 115 Å². The third-order valence-corrected chi connectivity index (χ3v) is 8.76. The number of aromatic nitrogens is 1. The van der Waals surface area contributed by atoms with Gasteiger partial charge in [0.05, 0.1) is 17.9 Å². The van der Waals surface area contributed by atoms with Crippen LogP contribution < -0.4 is 16.0 Å². The van der Waals surface area contributed by atoms with E-state index < -0.39 is 17.9 Å². The van der Waals surface area contributed by atoms with Crippen molar-refractivity contribution in [1.29, 1.82) is 0 Å². The van der Waals surface area contributed by atoms with Crippen molar-refractivity contribution in [2.24, 2.45) is 5.41 Å². The van der Waals surface area contributed by atoms with Crippen LogP contribution in [-0.2, 0) is 20.8 Å². The molecule has 2 aliphatic heterocycles. The second-order valence-electron chi connectivity index (χ2n) is 11.8. The van der Waals surface area contributed by atoms with Crippen LogP contribution in [0.4, 0.5) is 17.2 Å². The number of piperazine rings is 2. The fourth-order valence-electron chi connectivity index (χ4n) is 5.68. The number of benzene rings is 1. The van der Waals surface area contributed by atoms with Crippen molar-refractivity contribution in [3.8, 4) is 0 Å². The Kier molecular flexibility index (Phi) is 7.72. The average Bonchev–Trinajstić information content (AvgIpc) is 3.72. The minimum atomic E-state index is -0.728. The molecule has 2 saturated heterocycles.